The van der Waals surface area contributed by atoms with E-state index in [0.29, 0.717) is 5.69 Å². The van der Waals surface area contributed by atoms with Crippen LogP contribution in [-0.2, 0) is 10.0 Å². The van der Waals surface area contributed by atoms with E-state index in [9.17, 15) is 8.42 Å². The van der Waals surface area contributed by atoms with Crippen LogP contribution in [0.5, 0.6) is 0 Å². The third kappa shape index (κ3) is 2.48. The Morgan fingerprint density at radius 3 is 2.56 bits per heavy atom. The van der Waals surface area contributed by atoms with Crippen LogP contribution in [-0.4, -0.2) is 14.0 Å². The summed E-state index contributed by atoms with van der Waals surface area (Å²) in [6.45, 7) is 2.00. The van der Waals surface area contributed by atoms with Gasteiger partial charge in [-0.3, -0.25) is 0 Å². The average molecular weight is 289 g/mol. The lowest BCUT2D eigenvalue weighted by Gasteiger charge is -2.41. The van der Waals surface area contributed by atoms with Crippen LogP contribution in [0, 0.1) is 0 Å². The van der Waals surface area contributed by atoms with Gasteiger partial charge >= 0.3 is 0 Å². The summed E-state index contributed by atoms with van der Waals surface area (Å²) in [5, 5.41) is 0.261. The number of hydrogen-bond donors (Lipinski definition) is 2. The van der Waals surface area contributed by atoms with E-state index < -0.39 is 10.0 Å². The molecular formula is C12H17ClN2O2S. The number of hydrogen-bond acceptors (Lipinski definition) is 3. The molecule has 0 radical (unpaired) electrons. The Labute approximate surface area is 113 Å². The second kappa shape index (κ2) is 4.72. The number of sulfonamides is 1. The standard InChI is InChI=1S/C12H17ClN2O2S/c1-2-12(6-3-7-12)15-18(16,17)9-4-5-11(14)10(13)8-9/h4-5,8,15H,2-3,6-7,14H2,1H3. The Hall–Kier alpha value is -0.780. The first-order valence-electron chi connectivity index (χ1n) is 5.98. The van der Waals surface area contributed by atoms with Gasteiger partial charge in [0, 0.05) is 5.54 Å². The third-order valence-electron chi connectivity index (χ3n) is 3.62. The van der Waals surface area contributed by atoms with Gasteiger partial charge in [-0.1, -0.05) is 18.5 Å². The van der Waals surface area contributed by atoms with E-state index in [1.807, 2.05) is 6.92 Å². The number of anilines is 1. The topological polar surface area (TPSA) is 72.2 Å². The Balaban J connectivity index is 2.28. The molecule has 0 unspecified atom stereocenters. The Morgan fingerprint density at radius 1 is 1.44 bits per heavy atom. The van der Waals surface area contributed by atoms with Gasteiger partial charge in [-0.25, -0.2) is 13.1 Å². The molecule has 4 nitrogen and oxygen atoms in total. The molecule has 0 spiro atoms. The highest BCUT2D eigenvalue weighted by atomic mass is 35.5. The van der Waals surface area contributed by atoms with E-state index in [4.69, 9.17) is 17.3 Å². The van der Waals surface area contributed by atoms with Crippen molar-refractivity contribution < 1.29 is 8.42 Å². The Kier molecular flexibility index (Phi) is 3.58. The van der Waals surface area contributed by atoms with Crippen LogP contribution in [0.15, 0.2) is 23.1 Å². The number of nitrogens with one attached hydrogen (secondary N) is 1. The Morgan fingerprint density at radius 2 is 2.11 bits per heavy atom. The maximum atomic E-state index is 12.3. The van der Waals surface area contributed by atoms with E-state index >= 15 is 0 Å². The maximum Gasteiger partial charge on any atom is 0.241 e. The SMILES string of the molecule is CCC1(NS(=O)(=O)c2ccc(N)c(Cl)c2)CCC1. The van der Waals surface area contributed by atoms with Crippen molar-refractivity contribution >= 4 is 27.3 Å². The molecule has 0 bridgehead atoms. The fraction of sp³-hybridized carbons (Fsp3) is 0.500. The van der Waals surface area contributed by atoms with Crippen LogP contribution < -0.4 is 10.5 Å². The van der Waals surface area contributed by atoms with E-state index in [0.717, 1.165) is 25.7 Å². The lowest BCUT2D eigenvalue weighted by Crippen LogP contribution is -2.52. The first-order valence-corrected chi connectivity index (χ1v) is 7.84. The molecule has 6 heteroatoms. The summed E-state index contributed by atoms with van der Waals surface area (Å²) < 4.78 is 27.3. The summed E-state index contributed by atoms with van der Waals surface area (Å²) in [6, 6.07) is 4.38. The smallest absolute Gasteiger partial charge is 0.241 e. The zero-order valence-electron chi connectivity index (χ0n) is 10.2. The summed E-state index contributed by atoms with van der Waals surface area (Å²) in [5.41, 5.74) is 5.68. The summed E-state index contributed by atoms with van der Waals surface area (Å²) >= 11 is 5.86. The van der Waals surface area contributed by atoms with Crippen molar-refractivity contribution in [2.24, 2.45) is 0 Å². The summed E-state index contributed by atoms with van der Waals surface area (Å²) in [5.74, 6) is 0. The monoisotopic (exact) mass is 288 g/mol. The summed E-state index contributed by atoms with van der Waals surface area (Å²) in [4.78, 5) is 0.168. The minimum absolute atomic E-state index is 0.168. The van der Waals surface area contributed by atoms with Crippen molar-refractivity contribution in [1.82, 2.24) is 4.72 Å². The van der Waals surface area contributed by atoms with E-state index in [2.05, 4.69) is 4.72 Å². The molecule has 100 valence electrons. The number of halogens is 1. The minimum atomic E-state index is -3.52. The molecule has 1 saturated carbocycles. The van der Waals surface area contributed by atoms with Gasteiger partial charge in [0.2, 0.25) is 10.0 Å². The van der Waals surface area contributed by atoms with Crippen molar-refractivity contribution in [3.05, 3.63) is 23.2 Å². The molecule has 1 aromatic carbocycles. The normalized spacial score (nSPS) is 18.3. The van der Waals surface area contributed by atoms with Gasteiger partial charge in [0.15, 0.2) is 0 Å². The molecule has 0 aromatic heterocycles. The summed E-state index contributed by atoms with van der Waals surface area (Å²) in [6.07, 6.45) is 3.66. The highest BCUT2D eigenvalue weighted by Crippen LogP contribution is 2.36. The first-order chi connectivity index (χ1) is 8.38. The molecule has 0 aliphatic heterocycles. The predicted octanol–water partition coefficient (Wildman–Crippen LogP) is 2.53. The molecule has 0 heterocycles. The van der Waals surface area contributed by atoms with E-state index in [1.54, 1.807) is 0 Å². The largest absolute Gasteiger partial charge is 0.398 e. The Bertz CT molecular complexity index is 548. The van der Waals surface area contributed by atoms with Crippen molar-refractivity contribution in [2.45, 2.75) is 43.0 Å². The van der Waals surface area contributed by atoms with Crippen molar-refractivity contribution in [2.75, 3.05) is 5.73 Å². The quantitative estimate of drug-likeness (QED) is 0.836. The first kappa shape index (κ1) is 13.6. The second-order valence-corrected chi connectivity index (χ2v) is 6.87. The lowest BCUT2D eigenvalue weighted by atomic mass is 9.76. The van der Waals surface area contributed by atoms with Gasteiger partial charge in [-0.2, -0.15) is 0 Å². The summed E-state index contributed by atoms with van der Waals surface area (Å²) in [7, 11) is -3.52. The highest BCUT2D eigenvalue weighted by molar-refractivity contribution is 7.89. The fourth-order valence-corrected chi connectivity index (χ4v) is 3.95. The zero-order chi connectivity index (χ0) is 13.4. The molecule has 1 aliphatic carbocycles. The van der Waals surface area contributed by atoms with Crippen molar-refractivity contribution in [3.8, 4) is 0 Å². The van der Waals surface area contributed by atoms with Gasteiger partial charge in [0.25, 0.3) is 0 Å². The molecule has 18 heavy (non-hydrogen) atoms. The van der Waals surface area contributed by atoms with E-state index in [-0.39, 0.29) is 15.5 Å². The van der Waals surface area contributed by atoms with Crippen LogP contribution in [0.1, 0.15) is 32.6 Å². The molecule has 1 aliphatic rings. The van der Waals surface area contributed by atoms with Crippen LogP contribution in [0.3, 0.4) is 0 Å². The number of nitrogen functional groups attached to an aromatic ring is 1. The second-order valence-electron chi connectivity index (χ2n) is 4.78. The van der Waals surface area contributed by atoms with Crippen molar-refractivity contribution in [1.29, 1.82) is 0 Å². The molecule has 0 amide bonds. The zero-order valence-corrected chi connectivity index (χ0v) is 11.8. The molecule has 0 atom stereocenters. The maximum absolute atomic E-state index is 12.3. The van der Waals surface area contributed by atoms with Gasteiger partial charge in [-0.05, 0) is 43.9 Å². The number of rotatable bonds is 4. The minimum Gasteiger partial charge on any atom is -0.398 e. The van der Waals surface area contributed by atoms with Gasteiger partial charge < -0.3 is 5.73 Å². The van der Waals surface area contributed by atoms with Crippen LogP contribution in [0.2, 0.25) is 5.02 Å². The molecule has 2 rings (SSSR count). The van der Waals surface area contributed by atoms with Crippen molar-refractivity contribution in [3.63, 3.8) is 0 Å². The van der Waals surface area contributed by atoms with Crippen LogP contribution >= 0.6 is 11.6 Å². The number of benzene rings is 1. The molecular weight excluding hydrogens is 272 g/mol. The van der Waals surface area contributed by atoms with Gasteiger partial charge in [0.05, 0.1) is 15.6 Å². The number of nitrogens with two attached hydrogens (primary N) is 1. The average Bonchev–Trinajstić information content (AvgIpc) is 2.27. The lowest BCUT2D eigenvalue weighted by molar-refractivity contribution is 0.214. The molecule has 1 fully saturated rings. The van der Waals surface area contributed by atoms with Crippen LogP contribution in [0.4, 0.5) is 5.69 Å². The highest BCUT2D eigenvalue weighted by Gasteiger charge is 2.39. The predicted molar refractivity (Wildman–Crippen MR) is 73.1 cm³/mol. The third-order valence-corrected chi connectivity index (χ3v) is 5.52. The fourth-order valence-electron chi connectivity index (χ4n) is 2.15. The molecule has 1 aromatic rings. The molecule has 0 saturated heterocycles. The van der Waals surface area contributed by atoms with Gasteiger partial charge in [-0.15, -0.1) is 0 Å². The molecule has 3 N–H and O–H groups in total. The van der Waals surface area contributed by atoms with Gasteiger partial charge in [0.1, 0.15) is 0 Å². The van der Waals surface area contributed by atoms with Crippen LogP contribution in [0.25, 0.3) is 0 Å². The van der Waals surface area contributed by atoms with E-state index in [1.165, 1.54) is 18.2 Å².